The van der Waals surface area contributed by atoms with Gasteiger partial charge in [-0.2, -0.15) is 0 Å². The molecule has 0 fully saturated rings. The number of halogens is 2. The van der Waals surface area contributed by atoms with Crippen molar-refractivity contribution in [2.45, 2.75) is 26.8 Å². The van der Waals surface area contributed by atoms with Gasteiger partial charge in [-0.15, -0.1) is 0 Å². The van der Waals surface area contributed by atoms with Crippen molar-refractivity contribution in [1.29, 1.82) is 0 Å². The minimum atomic E-state index is -0.686. The maximum atomic E-state index is 13.0. The smallest absolute Gasteiger partial charge is 0.319 e. The summed E-state index contributed by atoms with van der Waals surface area (Å²) < 4.78 is 0. The highest BCUT2D eigenvalue weighted by atomic mass is 35.5. The Morgan fingerprint density at radius 3 is 2.33 bits per heavy atom. The fourth-order valence-electron chi connectivity index (χ4n) is 3.21. The minimum Gasteiger partial charge on any atom is -0.327 e. The Labute approximate surface area is 167 Å². The van der Waals surface area contributed by atoms with Crippen LogP contribution >= 0.6 is 23.2 Å². The van der Waals surface area contributed by atoms with E-state index in [9.17, 15) is 9.59 Å². The van der Waals surface area contributed by atoms with Gasteiger partial charge in [0, 0.05) is 21.4 Å². The molecule has 5 nitrogen and oxygen atoms in total. The number of rotatable bonds is 3. The number of urea groups is 1. The molecule has 2 aromatic rings. The molecule has 1 atom stereocenters. The number of amides is 3. The van der Waals surface area contributed by atoms with E-state index < -0.39 is 12.1 Å². The van der Waals surface area contributed by atoms with Crippen molar-refractivity contribution in [2.24, 2.45) is 0 Å². The van der Waals surface area contributed by atoms with Crippen LogP contribution in [0.2, 0.25) is 10.0 Å². The van der Waals surface area contributed by atoms with Crippen molar-refractivity contribution in [3.8, 4) is 0 Å². The van der Waals surface area contributed by atoms with E-state index >= 15 is 0 Å². The molecule has 0 radical (unpaired) electrons. The Morgan fingerprint density at radius 2 is 1.70 bits per heavy atom. The largest absolute Gasteiger partial charge is 0.327 e. The van der Waals surface area contributed by atoms with Crippen molar-refractivity contribution in [3.05, 3.63) is 74.4 Å². The predicted octanol–water partition coefficient (Wildman–Crippen LogP) is 4.88. The van der Waals surface area contributed by atoms with Gasteiger partial charge in [0.15, 0.2) is 0 Å². The SMILES string of the molecule is CC1=C(C(=O)Nc2cc(C)cc(C)c2)C(c2ccc(Cl)cc2Cl)NC(=O)N1. The summed E-state index contributed by atoms with van der Waals surface area (Å²) in [4.78, 5) is 25.0. The highest BCUT2D eigenvalue weighted by Crippen LogP contribution is 2.33. The molecular formula is C20H19Cl2N3O2. The third kappa shape index (κ3) is 4.26. The lowest BCUT2D eigenvalue weighted by Crippen LogP contribution is -2.46. The molecule has 3 amide bonds. The van der Waals surface area contributed by atoms with E-state index in [-0.39, 0.29) is 5.91 Å². The number of anilines is 1. The van der Waals surface area contributed by atoms with Crippen LogP contribution in [0.1, 0.15) is 29.7 Å². The van der Waals surface area contributed by atoms with Gasteiger partial charge in [0.1, 0.15) is 0 Å². The van der Waals surface area contributed by atoms with Gasteiger partial charge in [-0.25, -0.2) is 4.79 Å². The Bertz CT molecular complexity index is 949. The minimum absolute atomic E-state index is 0.319. The topological polar surface area (TPSA) is 70.2 Å². The Morgan fingerprint density at radius 1 is 1.04 bits per heavy atom. The monoisotopic (exact) mass is 403 g/mol. The zero-order valence-electron chi connectivity index (χ0n) is 15.1. The first-order chi connectivity index (χ1) is 12.7. The Hall–Kier alpha value is -2.50. The average molecular weight is 404 g/mol. The molecule has 1 heterocycles. The molecule has 140 valence electrons. The number of hydrogen-bond acceptors (Lipinski definition) is 2. The van der Waals surface area contributed by atoms with E-state index in [1.165, 1.54) is 0 Å². The Kier molecular flexibility index (Phi) is 5.44. The molecule has 7 heteroatoms. The van der Waals surface area contributed by atoms with E-state index in [0.29, 0.717) is 32.6 Å². The summed E-state index contributed by atoms with van der Waals surface area (Å²) in [5.74, 6) is -0.319. The summed E-state index contributed by atoms with van der Waals surface area (Å²) in [6.45, 7) is 5.61. The van der Waals surface area contributed by atoms with E-state index in [1.54, 1.807) is 25.1 Å². The van der Waals surface area contributed by atoms with Crippen LogP contribution in [-0.4, -0.2) is 11.9 Å². The van der Waals surface area contributed by atoms with E-state index in [0.717, 1.165) is 11.1 Å². The lowest BCUT2D eigenvalue weighted by molar-refractivity contribution is -0.113. The van der Waals surface area contributed by atoms with Crippen LogP contribution < -0.4 is 16.0 Å². The van der Waals surface area contributed by atoms with Crippen molar-refractivity contribution in [2.75, 3.05) is 5.32 Å². The van der Waals surface area contributed by atoms with E-state index in [2.05, 4.69) is 16.0 Å². The van der Waals surface area contributed by atoms with Gasteiger partial charge in [0.2, 0.25) is 0 Å². The predicted molar refractivity (Wildman–Crippen MR) is 108 cm³/mol. The number of carbonyl (C=O) groups is 2. The summed E-state index contributed by atoms with van der Waals surface area (Å²) in [6, 6.07) is 9.69. The van der Waals surface area contributed by atoms with Crippen molar-refractivity contribution in [1.82, 2.24) is 10.6 Å². The zero-order valence-corrected chi connectivity index (χ0v) is 16.6. The van der Waals surface area contributed by atoms with Gasteiger partial charge in [-0.1, -0.05) is 35.3 Å². The third-order valence-electron chi connectivity index (χ3n) is 4.27. The second-order valence-corrected chi connectivity index (χ2v) is 7.41. The number of aryl methyl sites for hydroxylation is 2. The van der Waals surface area contributed by atoms with Crippen LogP contribution in [0.3, 0.4) is 0 Å². The summed E-state index contributed by atoms with van der Waals surface area (Å²) in [5.41, 5.74) is 4.23. The molecule has 3 N–H and O–H groups in total. The number of carbonyl (C=O) groups excluding carboxylic acids is 2. The maximum absolute atomic E-state index is 13.0. The number of benzene rings is 2. The Balaban J connectivity index is 1.99. The standard InChI is InChI=1S/C20H19Cl2N3O2/c1-10-6-11(2)8-14(7-10)24-19(26)17-12(3)23-20(27)25-18(17)15-5-4-13(21)9-16(15)22/h4-9,18H,1-3H3,(H,24,26)(H2,23,25,27). The highest BCUT2D eigenvalue weighted by Gasteiger charge is 2.32. The van der Waals surface area contributed by atoms with Crippen LogP contribution in [0.25, 0.3) is 0 Å². The molecule has 0 spiro atoms. The third-order valence-corrected chi connectivity index (χ3v) is 4.83. The highest BCUT2D eigenvalue weighted by molar-refractivity contribution is 6.35. The van der Waals surface area contributed by atoms with Crippen LogP contribution in [0.15, 0.2) is 47.7 Å². The lowest BCUT2D eigenvalue weighted by atomic mass is 9.94. The fourth-order valence-corrected chi connectivity index (χ4v) is 3.73. The molecule has 0 aromatic heterocycles. The van der Waals surface area contributed by atoms with E-state index in [1.807, 2.05) is 32.0 Å². The lowest BCUT2D eigenvalue weighted by Gasteiger charge is -2.29. The van der Waals surface area contributed by atoms with Crippen LogP contribution in [-0.2, 0) is 4.79 Å². The molecule has 2 aromatic carbocycles. The van der Waals surface area contributed by atoms with Crippen molar-refractivity contribution < 1.29 is 9.59 Å². The number of nitrogens with one attached hydrogen (secondary N) is 3. The van der Waals surface area contributed by atoms with Gasteiger partial charge in [0.05, 0.1) is 11.6 Å². The first-order valence-corrected chi connectivity index (χ1v) is 9.13. The van der Waals surface area contributed by atoms with Crippen LogP contribution in [0, 0.1) is 13.8 Å². The summed E-state index contributed by atoms with van der Waals surface area (Å²) >= 11 is 12.3. The molecule has 1 aliphatic rings. The van der Waals surface area contributed by atoms with Gasteiger partial charge < -0.3 is 16.0 Å². The second kappa shape index (κ2) is 7.62. The normalized spacial score (nSPS) is 16.6. The van der Waals surface area contributed by atoms with Gasteiger partial charge >= 0.3 is 6.03 Å². The van der Waals surface area contributed by atoms with E-state index in [4.69, 9.17) is 23.2 Å². The fraction of sp³-hybridized carbons (Fsp3) is 0.200. The molecule has 0 bridgehead atoms. The molecule has 0 saturated heterocycles. The molecule has 3 rings (SSSR count). The maximum Gasteiger partial charge on any atom is 0.319 e. The molecule has 1 aliphatic heterocycles. The molecule has 0 saturated carbocycles. The number of allylic oxidation sites excluding steroid dienone is 1. The van der Waals surface area contributed by atoms with Gasteiger partial charge in [-0.05, 0) is 61.7 Å². The number of hydrogen-bond donors (Lipinski definition) is 3. The molecule has 27 heavy (non-hydrogen) atoms. The zero-order chi connectivity index (χ0) is 19.7. The summed E-state index contributed by atoms with van der Waals surface area (Å²) in [5, 5.41) is 9.18. The van der Waals surface area contributed by atoms with Crippen LogP contribution in [0.4, 0.5) is 10.5 Å². The van der Waals surface area contributed by atoms with Crippen molar-refractivity contribution >= 4 is 40.8 Å². The molecular weight excluding hydrogens is 385 g/mol. The second-order valence-electron chi connectivity index (χ2n) is 6.57. The first-order valence-electron chi connectivity index (χ1n) is 8.37. The summed E-state index contributed by atoms with van der Waals surface area (Å²) in [6.07, 6.45) is 0. The quantitative estimate of drug-likeness (QED) is 0.683. The summed E-state index contributed by atoms with van der Waals surface area (Å²) in [7, 11) is 0. The van der Waals surface area contributed by atoms with Gasteiger partial charge in [0.25, 0.3) is 5.91 Å². The van der Waals surface area contributed by atoms with Gasteiger partial charge in [-0.3, -0.25) is 4.79 Å². The van der Waals surface area contributed by atoms with Crippen molar-refractivity contribution in [3.63, 3.8) is 0 Å². The van der Waals surface area contributed by atoms with Crippen LogP contribution in [0.5, 0.6) is 0 Å². The average Bonchev–Trinajstić information content (AvgIpc) is 2.52. The molecule has 1 unspecified atom stereocenters. The first kappa shape index (κ1) is 19.3. The molecule has 0 aliphatic carbocycles.